The fourth-order valence-electron chi connectivity index (χ4n) is 1.61. The van der Waals surface area contributed by atoms with E-state index in [4.69, 9.17) is 11.6 Å². The van der Waals surface area contributed by atoms with Crippen LogP contribution >= 0.6 is 11.6 Å². The molecule has 1 aromatic carbocycles. The monoisotopic (exact) mass is 279 g/mol. The summed E-state index contributed by atoms with van der Waals surface area (Å²) in [4.78, 5) is 6.22. The van der Waals surface area contributed by atoms with Crippen LogP contribution in [0, 0.1) is 5.82 Å². The minimum absolute atomic E-state index is 0.140. The molecule has 3 nitrogen and oxygen atoms in total. The predicted octanol–water partition coefficient (Wildman–Crippen LogP) is 3.55. The molecule has 0 aliphatic carbocycles. The van der Waals surface area contributed by atoms with Gasteiger partial charge in [-0.05, 0) is 29.8 Å². The van der Waals surface area contributed by atoms with Gasteiger partial charge in [0.05, 0.1) is 16.9 Å². The molecule has 0 atom stereocenters. The molecule has 1 aromatic heterocycles. The zero-order valence-corrected chi connectivity index (χ0v) is 11.6. The van der Waals surface area contributed by atoms with Gasteiger partial charge >= 0.3 is 0 Å². The minimum Gasteiger partial charge on any atom is -0.380 e. The Morgan fingerprint density at radius 1 is 1.26 bits per heavy atom. The Morgan fingerprint density at radius 2 is 2.05 bits per heavy atom. The third-order valence-corrected chi connectivity index (χ3v) is 2.99. The summed E-state index contributed by atoms with van der Waals surface area (Å²) in [6.45, 7) is 0.525. The maximum Gasteiger partial charge on any atom is 0.142 e. The number of benzene rings is 1. The van der Waals surface area contributed by atoms with E-state index < -0.39 is 5.82 Å². The summed E-state index contributed by atoms with van der Waals surface area (Å²) < 4.78 is 13.3. The van der Waals surface area contributed by atoms with E-state index >= 15 is 0 Å². The van der Waals surface area contributed by atoms with Crippen molar-refractivity contribution in [3.63, 3.8) is 0 Å². The molecule has 0 radical (unpaired) electrons. The van der Waals surface area contributed by atoms with Crippen molar-refractivity contribution in [1.82, 2.24) is 4.98 Å². The van der Waals surface area contributed by atoms with Crippen molar-refractivity contribution in [3.8, 4) is 0 Å². The molecule has 0 saturated carbocycles. The SMILES string of the molecule is CN(C)c1ccc(NCc2ccc(Cl)c(F)c2)cn1. The standard InChI is InChI=1S/C14H15ClFN3/c1-19(2)14-6-4-11(9-18-14)17-8-10-3-5-12(15)13(16)7-10/h3-7,9,17H,8H2,1-2H3. The van der Waals surface area contributed by atoms with E-state index in [2.05, 4.69) is 10.3 Å². The predicted molar refractivity (Wildman–Crippen MR) is 77.3 cm³/mol. The van der Waals surface area contributed by atoms with E-state index in [1.165, 1.54) is 6.07 Å². The number of halogens is 2. The highest BCUT2D eigenvalue weighted by molar-refractivity contribution is 6.30. The highest BCUT2D eigenvalue weighted by Gasteiger charge is 2.02. The molecule has 0 bridgehead atoms. The van der Waals surface area contributed by atoms with Crippen molar-refractivity contribution in [3.05, 3.63) is 52.9 Å². The summed E-state index contributed by atoms with van der Waals surface area (Å²) in [6.07, 6.45) is 1.75. The number of pyridine rings is 1. The van der Waals surface area contributed by atoms with E-state index in [1.807, 2.05) is 31.1 Å². The molecular weight excluding hydrogens is 265 g/mol. The molecule has 5 heteroatoms. The highest BCUT2D eigenvalue weighted by Crippen LogP contribution is 2.17. The number of aromatic nitrogens is 1. The van der Waals surface area contributed by atoms with Gasteiger partial charge in [-0.25, -0.2) is 9.37 Å². The van der Waals surface area contributed by atoms with Gasteiger partial charge in [0.15, 0.2) is 0 Å². The fraction of sp³-hybridized carbons (Fsp3) is 0.214. The van der Waals surface area contributed by atoms with Crippen molar-refractivity contribution in [2.45, 2.75) is 6.54 Å². The maximum absolute atomic E-state index is 13.3. The fourth-order valence-corrected chi connectivity index (χ4v) is 1.73. The van der Waals surface area contributed by atoms with Gasteiger partial charge in [0, 0.05) is 20.6 Å². The Balaban J connectivity index is 2.00. The Morgan fingerprint density at radius 3 is 2.63 bits per heavy atom. The van der Waals surface area contributed by atoms with Gasteiger partial charge in [0.1, 0.15) is 11.6 Å². The van der Waals surface area contributed by atoms with Crippen molar-refractivity contribution in [2.24, 2.45) is 0 Å². The average molecular weight is 280 g/mol. The van der Waals surface area contributed by atoms with E-state index in [0.29, 0.717) is 6.54 Å². The first-order valence-corrected chi connectivity index (χ1v) is 6.25. The van der Waals surface area contributed by atoms with Crippen molar-refractivity contribution in [1.29, 1.82) is 0 Å². The third-order valence-electron chi connectivity index (χ3n) is 2.69. The number of hydrogen-bond donors (Lipinski definition) is 1. The molecule has 1 heterocycles. The molecule has 2 aromatic rings. The smallest absolute Gasteiger partial charge is 0.142 e. The van der Waals surface area contributed by atoms with Gasteiger partial charge in [-0.1, -0.05) is 17.7 Å². The summed E-state index contributed by atoms with van der Waals surface area (Å²) >= 11 is 5.63. The number of hydrogen-bond acceptors (Lipinski definition) is 3. The van der Waals surface area contributed by atoms with Crippen LogP contribution in [0.15, 0.2) is 36.5 Å². The number of nitrogens with zero attached hydrogens (tertiary/aromatic N) is 2. The maximum atomic E-state index is 13.3. The zero-order chi connectivity index (χ0) is 13.8. The normalized spacial score (nSPS) is 10.3. The molecule has 1 N–H and O–H groups in total. The summed E-state index contributed by atoms with van der Waals surface area (Å²) in [5.41, 5.74) is 1.72. The van der Waals surface area contributed by atoms with Crippen LogP contribution in [0.4, 0.5) is 15.9 Å². The lowest BCUT2D eigenvalue weighted by Gasteiger charge is -2.12. The Kier molecular flexibility index (Phi) is 4.22. The third kappa shape index (κ3) is 3.58. The van der Waals surface area contributed by atoms with Crippen LogP contribution in [0.1, 0.15) is 5.56 Å². The first-order chi connectivity index (χ1) is 9.06. The topological polar surface area (TPSA) is 28.2 Å². The van der Waals surface area contributed by atoms with Crippen LogP contribution in [-0.2, 0) is 6.54 Å². The second-order valence-corrected chi connectivity index (χ2v) is 4.81. The summed E-state index contributed by atoms with van der Waals surface area (Å²) in [7, 11) is 3.87. The van der Waals surface area contributed by atoms with Gasteiger partial charge in [0.25, 0.3) is 0 Å². The van der Waals surface area contributed by atoms with Crippen LogP contribution in [-0.4, -0.2) is 19.1 Å². The number of anilines is 2. The van der Waals surface area contributed by atoms with Crippen LogP contribution in [0.5, 0.6) is 0 Å². The highest BCUT2D eigenvalue weighted by atomic mass is 35.5. The average Bonchev–Trinajstić information content (AvgIpc) is 2.40. The zero-order valence-electron chi connectivity index (χ0n) is 10.8. The van der Waals surface area contributed by atoms with Crippen LogP contribution in [0.2, 0.25) is 5.02 Å². The van der Waals surface area contributed by atoms with Gasteiger partial charge in [-0.15, -0.1) is 0 Å². The molecule has 19 heavy (non-hydrogen) atoms. The lowest BCUT2D eigenvalue weighted by atomic mass is 10.2. The second-order valence-electron chi connectivity index (χ2n) is 4.40. The molecule has 100 valence electrons. The van der Waals surface area contributed by atoms with Crippen molar-refractivity contribution in [2.75, 3.05) is 24.3 Å². The summed E-state index contributed by atoms with van der Waals surface area (Å²) in [6, 6.07) is 8.64. The molecule has 2 rings (SSSR count). The van der Waals surface area contributed by atoms with Crippen LogP contribution < -0.4 is 10.2 Å². The lowest BCUT2D eigenvalue weighted by Crippen LogP contribution is -2.10. The molecule has 0 fully saturated rings. The van der Waals surface area contributed by atoms with Gasteiger partial charge in [-0.3, -0.25) is 0 Å². The Bertz CT molecular complexity index is 555. The van der Waals surface area contributed by atoms with E-state index in [-0.39, 0.29) is 5.02 Å². The lowest BCUT2D eigenvalue weighted by molar-refractivity contribution is 0.626. The molecule has 0 aliphatic rings. The van der Waals surface area contributed by atoms with E-state index in [0.717, 1.165) is 17.1 Å². The van der Waals surface area contributed by atoms with Crippen LogP contribution in [0.25, 0.3) is 0 Å². The molecular formula is C14H15ClFN3. The Hall–Kier alpha value is -1.81. The molecule has 0 spiro atoms. The molecule has 0 aliphatic heterocycles. The second kappa shape index (κ2) is 5.89. The molecule has 0 saturated heterocycles. The Labute approximate surface area is 117 Å². The minimum atomic E-state index is -0.401. The van der Waals surface area contributed by atoms with Crippen molar-refractivity contribution < 1.29 is 4.39 Å². The van der Waals surface area contributed by atoms with Crippen molar-refractivity contribution >= 4 is 23.1 Å². The first-order valence-electron chi connectivity index (χ1n) is 5.87. The van der Waals surface area contributed by atoms with E-state index in [1.54, 1.807) is 18.3 Å². The largest absolute Gasteiger partial charge is 0.380 e. The van der Waals surface area contributed by atoms with Gasteiger partial charge in [-0.2, -0.15) is 0 Å². The summed E-state index contributed by atoms with van der Waals surface area (Å²) in [5, 5.41) is 3.32. The van der Waals surface area contributed by atoms with Crippen LogP contribution in [0.3, 0.4) is 0 Å². The molecule has 0 amide bonds. The number of rotatable bonds is 4. The summed E-state index contributed by atoms with van der Waals surface area (Å²) in [5.74, 6) is 0.491. The van der Waals surface area contributed by atoms with Gasteiger partial charge < -0.3 is 10.2 Å². The van der Waals surface area contributed by atoms with E-state index in [9.17, 15) is 4.39 Å². The first kappa shape index (κ1) is 13.6. The van der Waals surface area contributed by atoms with Gasteiger partial charge in [0.2, 0.25) is 0 Å². The quantitative estimate of drug-likeness (QED) is 0.928. The number of nitrogens with one attached hydrogen (secondary N) is 1. The molecule has 0 unspecified atom stereocenters.